The van der Waals surface area contributed by atoms with E-state index >= 15 is 0 Å². The van der Waals surface area contributed by atoms with Gasteiger partial charge in [0, 0.05) is 0 Å². The molecule has 0 aliphatic heterocycles. The Morgan fingerprint density at radius 2 is 1.83 bits per heavy atom. The van der Waals surface area contributed by atoms with E-state index in [-0.39, 0.29) is 12.4 Å². The molecular weight excluding hydrogens is 165 g/mol. The first-order valence-electron chi connectivity index (χ1n) is 1.58. The Hall–Kier alpha value is 0.730. The first-order chi connectivity index (χ1) is 2.27. The lowest BCUT2D eigenvalue weighted by atomic mass is 10.8. The third-order valence-electron chi connectivity index (χ3n) is 0.398. The minimum Gasteiger partial charge on any atom is -0.308 e. The molecule has 1 nitrogen and oxygen atoms in total. The molecule has 1 unspecified atom stereocenters. The number of hydrogen-bond donors (Lipinski definition) is 1. The van der Waals surface area contributed by atoms with E-state index < -0.39 is 0 Å². The lowest BCUT2D eigenvalue weighted by Crippen LogP contribution is -2.12. The van der Waals surface area contributed by atoms with E-state index in [4.69, 9.17) is 0 Å². The summed E-state index contributed by atoms with van der Waals surface area (Å²) < 4.78 is 0. The van der Waals surface area contributed by atoms with E-state index in [1.807, 2.05) is 14.0 Å². The first-order valence-corrected chi connectivity index (χ1v) is 2.50. The molecule has 0 aromatic rings. The molecule has 0 aliphatic rings. The van der Waals surface area contributed by atoms with Crippen molar-refractivity contribution in [3.05, 3.63) is 0 Å². The van der Waals surface area contributed by atoms with Crippen LogP contribution in [-0.4, -0.2) is 12.0 Å². The first kappa shape index (κ1) is 9.88. The summed E-state index contributed by atoms with van der Waals surface area (Å²) in [4.78, 5) is 0.447. The van der Waals surface area contributed by atoms with Gasteiger partial charge in [0.05, 0.1) is 4.95 Å². The van der Waals surface area contributed by atoms with E-state index in [2.05, 4.69) is 21.2 Å². The highest BCUT2D eigenvalue weighted by Gasteiger charge is 1.79. The average molecular weight is 174 g/mol. The topological polar surface area (TPSA) is 12.0 Å². The van der Waals surface area contributed by atoms with Crippen LogP contribution < -0.4 is 5.32 Å². The Kier molecular flexibility index (Phi) is 9.43. The zero-order valence-electron chi connectivity index (χ0n) is 3.86. The molecule has 1 N–H and O–H groups in total. The Labute approximate surface area is 53.0 Å². The summed E-state index contributed by atoms with van der Waals surface area (Å²) in [5.41, 5.74) is 0. The van der Waals surface area contributed by atoms with Crippen molar-refractivity contribution in [2.24, 2.45) is 0 Å². The zero-order valence-corrected chi connectivity index (χ0v) is 6.27. The highest BCUT2D eigenvalue weighted by atomic mass is 79.9. The minimum atomic E-state index is 0. The second-order valence-electron chi connectivity index (χ2n) is 0.905. The Morgan fingerprint density at radius 3 is 1.83 bits per heavy atom. The normalized spacial score (nSPS) is 12.5. The van der Waals surface area contributed by atoms with Crippen molar-refractivity contribution < 1.29 is 0 Å². The van der Waals surface area contributed by atoms with Gasteiger partial charge in [0.15, 0.2) is 0 Å². The SMILES string of the molecule is CNC(C)Br.Cl. The molecule has 40 valence electrons. The van der Waals surface area contributed by atoms with Crippen LogP contribution in [0.5, 0.6) is 0 Å². The summed E-state index contributed by atoms with van der Waals surface area (Å²) in [6.45, 7) is 2.03. The molecule has 0 heterocycles. The van der Waals surface area contributed by atoms with Crippen molar-refractivity contribution in [3.63, 3.8) is 0 Å². The molecule has 0 amide bonds. The molecule has 0 saturated carbocycles. The van der Waals surface area contributed by atoms with Crippen molar-refractivity contribution in [2.45, 2.75) is 11.9 Å². The lowest BCUT2D eigenvalue weighted by molar-refractivity contribution is 0.820. The monoisotopic (exact) mass is 173 g/mol. The standard InChI is InChI=1S/C3H8BrN.ClH/c1-3(4)5-2;/h3,5H,1-2H3;1H. The molecule has 0 aromatic carbocycles. The molecule has 3 heteroatoms. The fourth-order valence-corrected chi connectivity index (χ4v) is 0. The van der Waals surface area contributed by atoms with Crippen LogP contribution in [0.2, 0.25) is 0 Å². The van der Waals surface area contributed by atoms with Gasteiger partial charge in [-0.05, 0) is 14.0 Å². The predicted octanol–water partition coefficient (Wildman–Crippen LogP) is 1.37. The zero-order chi connectivity index (χ0) is 4.28. The van der Waals surface area contributed by atoms with Crippen LogP contribution in [0.15, 0.2) is 0 Å². The highest BCUT2D eigenvalue weighted by molar-refractivity contribution is 9.09. The van der Waals surface area contributed by atoms with E-state index in [0.717, 1.165) is 0 Å². The van der Waals surface area contributed by atoms with Crippen LogP contribution in [0.25, 0.3) is 0 Å². The summed E-state index contributed by atoms with van der Waals surface area (Å²) in [7, 11) is 1.90. The summed E-state index contributed by atoms with van der Waals surface area (Å²) in [5, 5.41) is 2.94. The average Bonchev–Trinajstić information content (AvgIpc) is 1.38. The number of halogens is 2. The quantitative estimate of drug-likeness (QED) is 0.468. The van der Waals surface area contributed by atoms with Crippen LogP contribution in [0.3, 0.4) is 0 Å². The van der Waals surface area contributed by atoms with Crippen LogP contribution in [-0.2, 0) is 0 Å². The van der Waals surface area contributed by atoms with E-state index in [9.17, 15) is 0 Å². The van der Waals surface area contributed by atoms with Crippen LogP contribution in [0.4, 0.5) is 0 Å². The van der Waals surface area contributed by atoms with Crippen LogP contribution in [0, 0.1) is 0 Å². The van der Waals surface area contributed by atoms with Crippen molar-refractivity contribution >= 4 is 28.3 Å². The summed E-state index contributed by atoms with van der Waals surface area (Å²) in [5.74, 6) is 0. The van der Waals surface area contributed by atoms with Crippen LogP contribution in [0.1, 0.15) is 6.92 Å². The maximum Gasteiger partial charge on any atom is 0.0599 e. The number of alkyl halides is 1. The van der Waals surface area contributed by atoms with Crippen molar-refractivity contribution in [1.29, 1.82) is 0 Å². The van der Waals surface area contributed by atoms with Crippen molar-refractivity contribution in [2.75, 3.05) is 7.05 Å². The maximum atomic E-state index is 3.26. The van der Waals surface area contributed by atoms with Gasteiger partial charge >= 0.3 is 0 Å². The highest BCUT2D eigenvalue weighted by Crippen LogP contribution is 1.86. The molecule has 6 heavy (non-hydrogen) atoms. The fraction of sp³-hybridized carbons (Fsp3) is 1.00. The number of rotatable bonds is 1. The Balaban J connectivity index is 0. The number of nitrogens with one attached hydrogen (secondary N) is 1. The molecule has 0 bridgehead atoms. The van der Waals surface area contributed by atoms with Gasteiger partial charge in [-0.1, -0.05) is 15.9 Å². The smallest absolute Gasteiger partial charge is 0.0599 e. The molecule has 0 radical (unpaired) electrons. The van der Waals surface area contributed by atoms with Gasteiger partial charge in [-0.15, -0.1) is 12.4 Å². The number of hydrogen-bond acceptors (Lipinski definition) is 1. The van der Waals surface area contributed by atoms with Gasteiger partial charge in [0.1, 0.15) is 0 Å². The van der Waals surface area contributed by atoms with Gasteiger partial charge in [0.25, 0.3) is 0 Å². The summed E-state index contributed by atoms with van der Waals surface area (Å²) in [6, 6.07) is 0. The molecule has 0 aliphatic carbocycles. The van der Waals surface area contributed by atoms with Gasteiger partial charge in [-0.25, -0.2) is 0 Å². The molecule has 0 rings (SSSR count). The molecule has 0 saturated heterocycles. The second-order valence-corrected chi connectivity index (χ2v) is 2.28. The van der Waals surface area contributed by atoms with E-state index in [1.54, 1.807) is 0 Å². The second kappa shape index (κ2) is 5.73. The van der Waals surface area contributed by atoms with Gasteiger partial charge < -0.3 is 5.32 Å². The molecule has 0 fully saturated rings. The molecule has 0 spiro atoms. The third kappa shape index (κ3) is 8.83. The summed E-state index contributed by atoms with van der Waals surface area (Å²) >= 11 is 3.26. The van der Waals surface area contributed by atoms with Gasteiger partial charge in [0.2, 0.25) is 0 Å². The van der Waals surface area contributed by atoms with Crippen molar-refractivity contribution in [1.82, 2.24) is 5.32 Å². The largest absolute Gasteiger partial charge is 0.308 e. The van der Waals surface area contributed by atoms with Crippen LogP contribution >= 0.6 is 28.3 Å². The van der Waals surface area contributed by atoms with Gasteiger partial charge in [-0.3, -0.25) is 0 Å². The minimum absolute atomic E-state index is 0. The fourth-order valence-electron chi connectivity index (χ4n) is 0. The van der Waals surface area contributed by atoms with Crippen molar-refractivity contribution in [3.8, 4) is 0 Å². The Bertz CT molecular complexity index is 24.8. The lowest BCUT2D eigenvalue weighted by Gasteiger charge is -1.92. The van der Waals surface area contributed by atoms with Gasteiger partial charge in [-0.2, -0.15) is 0 Å². The molecule has 0 aromatic heterocycles. The van der Waals surface area contributed by atoms with E-state index in [0.29, 0.717) is 4.95 Å². The van der Waals surface area contributed by atoms with E-state index in [1.165, 1.54) is 0 Å². The predicted molar refractivity (Wildman–Crippen MR) is 34.7 cm³/mol. The Morgan fingerprint density at radius 1 is 1.67 bits per heavy atom. The summed E-state index contributed by atoms with van der Waals surface area (Å²) in [6.07, 6.45) is 0. The maximum absolute atomic E-state index is 3.26. The molecular formula is C3H9BrClN. The third-order valence-corrected chi connectivity index (χ3v) is 0.856. The molecule has 1 atom stereocenters.